The predicted molar refractivity (Wildman–Crippen MR) is 86.3 cm³/mol. The quantitative estimate of drug-likeness (QED) is 0.846. The molecule has 116 valence electrons. The zero-order valence-electron chi connectivity index (χ0n) is 13.6. The van der Waals surface area contributed by atoms with Gasteiger partial charge < -0.3 is 10.1 Å². The van der Waals surface area contributed by atoms with Gasteiger partial charge in [0.05, 0.1) is 6.61 Å². The van der Waals surface area contributed by atoms with Gasteiger partial charge in [0.1, 0.15) is 5.54 Å². The lowest BCUT2D eigenvalue weighted by Crippen LogP contribution is -2.55. The normalized spacial score (nSPS) is 29.0. The van der Waals surface area contributed by atoms with Crippen LogP contribution in [0.1, 0.15) is 45.6 Å². The molecular weight excluding hydrogens is 262 g/mol. The van der Waals surface area contributed by atoms with E-state index in [1.807, 2.05) is 19.1 Å². The highest BCUT2D eigenvalue weighted by Crippen LogP contribution is 2.40. The van der Waals surface area contributed by atoms with Crippen molar-refractivity contribution in [1.82, 2.24) is 0 Å². The van der Waals surface area contributed by atoms with Crippen LogP contribution in [-0.4, -0.2) is 18.1 Å². The van der Waals surface area contributed by atoms with Crippen LogP contribution < -0.4 is 5.32 Å². The van der Waals surface area contributed by atoms with Crippen LogP contribution in [0.3, 0.4) is 0 Å². The van der Waals surface area contributed by atoms with E-state index >= 15 is 0 Å². The second kappa shape index (κ2) is 6.50. The molecule has 2 rings (SSSR count). The number of hydrogen-bond acceptors (Lipinski definition) is 3. The van der Waals surface area contributed by atoms with Gasteiger partial charge in [-0.2, -0.15) is 0 Å². The molecule has 0 aromatic heterocycles. The fraction of sp³-hybridized carbons (Fsp3) is 0.611. The molecule has 0 heterocycles. The fourth-order valence-electron chi connectivity index (χ4n) is 3.38. The Morgan fingerprint density at radius 2 is 2.14 bits per heavy atom. The SMILES string of the molecule is CCOC(=O)C1(Nc2cccc(C)c2)CC(C)CCC1C. The first-order valence-corrected chi connectivity index (χ1v) is 8.00. The van der Waals surface area contributed by atoms with Crippen LogP contribution >= 0.6 is 0 Å². The summed E-state index contributed by atoms with van der Waals surface area (Å²) in [6, 6.07) is 8.20. The topological polar surface area (TPSA) is 38.3 Å². The number of aryl methyl sites for hydroxylation is 1. The number of nitrogens with one attached hydrogen (secondary N) is 1. The van der Waals surface area contributed by atoms with Gasteiger partial charge in [-0.3, -0.25) is 0 Å². The minimum atomic E-state index is -0.596. The van der Waals surface area contributed by atoms with Crippen LogP contribution in [0.2, 0.25) is 0 Å². The lowest BCUT2D eigenvalue weighted by Gasteiger charge is -2.44. The molecule has 1 aromatic carbocycles. The van der Waals surface area contributed by atoms with Crippen molar-refractivity contribution in [2.24, 2.45) is 11.8 Å². The Morgan fingerprint density at radius 1 is 1.38 bits per heavy atom. The minimum absolute atomic E-state index is 0.106. The van der Waals surface area contributed by atoms with Crippen LogP contribution in [-0.2, 0) is 9.53 Å². The molecule has 1 saturated carbocycles. The summed E-state index contributed by atoms with van der Waals surface area (Å²) in [7, 11) is 0. The summed E-state index contributed by atoms with van der Waals surface area (Å²) in [6.45, 7) is 8.74. The molecule has 3 nitrogen and oxygen atoms in total. The molecule has 1 fully saturated rings. The summed E-state index contributed by atoms with van der Waals surface area (Å²) in [4.78, 5) is 12.7. The summed E-state index contributed by atoms with van der Waals surface area (Å²) < 4.78 is 5.40. The zero-order chi connectivity index (χ0) is 15.5. The van der Waals surface area contributed by atoms with Gasteiger partial charge in [-0.25, -0.2) is 4.79 Å². The van der Waals surface area contributed by atoms with E-state index in [4.69, 9.17) is 4.74 Å². The number of hydrogen-bond donors (Lipinski definition) is 1. The molecule has 21 heavy (non-hydrogen) atoms. The maximum atomic E-state index is 12.7. The average Bonchev–Trinajstić information content (AvgIpc) is 2.43. The Kier molecular flexibility index (Phi) is 4.92. The molecule has 0 amide bonds. The molecule has 3 atom stereocenters. The number of anilines is 1. The van der Waals surface area contributed by atoms with Crippen molar-refractivity contribution in [2.45, 2.75) is 52.5 Å². The molecule has 0 radical (unpaired) electrons. The molecule has 3 unspecified atom stereocenters. The van der Waals surface area contributed by atoms with Crippen LogP contribution in [0, 0.1) is 18.8 Å². The van der Waals surface area contributed by atoms with Gasteiger partial charge in [-0.1, -0.05) is 32.4 Å². The van der Waals surface area contributed by atoms with Crippen LogP contribution in [0.5, 0.6) is 0 Å². The monoisotopic (exact) mass is 289 g/mol. The first kappa shape index (κ1) is 15.9. The highest BCUT2D eigenvalue weighted by molar-refractivity contribution is 5.85. The molecular formula is C18H27NO2. The van der Waals surface area contributed by atoms with E-state index in [9.17, 15) is 4.79 Å². The molecule has 0 spiro atoms. The predicted octanol–water partition coefficient (Wildman–Crippen LogP) is 4.16. The smallest absolute Gasteiger partial charge is 0.332 e. The van der Waals surface area contributed by atoms with Crippen molar-refractivity contribution in [2.75, 3.05) is 11.9 Å². The van der Waals surface area contributed by atoms with E-state index in [2.05, 4.69) is 38.2 Å². The van der Waals surface area contributed by atoms with E-state index < -0.39 is 5.54 Å². The standard InChI is InChI=1S/C18H27NO2/c1-5-21-17(20)18(12-14(3)9-10-15(18)4)19-16-8-6-7-13(2)11-16/h6-8,11,14-15,19H,5,9-10,12H2,1-4H3. The molecule has 1 aliphatic carbocycles. The van der Waals surface area contributed by atoms with Crippen LogP contribution in [0.25, 0.3) is 0 Å². The van der Waals surface area contributed by atoms with E-state index in [0.29, 0.717) is 12.5 Å². The maximum Gasteiger partial charge on any atom is 0.332 e. The van der Waals surface area contributed by atoms with E-state index in [0.717, 1.165) is 18.5 Å². The molecule has 1 aliphatic rings. The number of esters is 1. The number of rotatable bonds is 4. The Morgan fingerprint density at radius 3 is 2.81 bits per heavy atom. The molecule has 0 saturated heterocycles. The molecule has 1 N–H and O–H groups in total. The Bertz CT molecular complexity index is 500. The van der Waals surface area contributed by atoms with Crippen LogP contribution in [0.4, 0.5) is 5.69 Å². The first-order chi connectivity index (χ1) is 9.98. The van der Waals surface area contributed by atoms with Gasteiger partial charge in [0, 0.05) is 5.69 Å². The largest absolute Gasteiger partial charge is 0.464 e. The Balaban J connectivity index is 2.33. The van der Waals surface area contributed by atoms with Crippen molar-refractivity contribution in [1.29, 1.82) is 0 Å². The Hall–Kier alpha value is -1.51. The summed E-state index contributed by atoms with van der Waals surface area (Å²) >= 11 is 0. The van der Waals surface area contributed by atoms with Crippen molar-refractivity contribution >= 4 is 11.7 Å². The van der Waals surface area contributed by atoms with Crippen LogP contribution in [0.15, 0.2) is 24.3 Å². The van der Waals surface area contributed by atoms with Gasteiger partial charge in [0.2, 0.25) is 0 Å². The van der Waals surface area contributed by atoms with Gasteiger partial charge in [0.15, 0.2) is 0 Å². The van der Waals surface area contributed by atoms with Gasteiger partial charge in [-0.15, -0.1) is 0 Å². The molecule has 1 aromatic rings. The van der Waals surface area contributed by atoms with Gasteiger partial charge in [0.25, 0.3) is 0 Å². The van der Waals surface area contributed by atoms with Crippen molar-refractivity contribution in [3.05, 3.63) is 29.8 Å². The molecule has 0 aliphatic heterocycles. The second-order valence-corrected chi connectivity index (χ2v) is 6.47. The zero-order valence-corrected chi connectivity index (χ0v) is 13.6. The highest BCUT2D eigenvalue weighted by Gasteiger charge is 2.48. The van der Waals surface area contributed by atoms with E-state index in [1.54, 1.807) is 0 Å². The van der Waals surface area contributed by atoms with E-state index in [1.165, 1.54) is 12.0 Å². The average molecular weight is 289 g/mol. The lowest BCUT2D eigenvalue weighted by atomic mass is 9.69. The second-order valence-electron chi connectivity index (χ2n) is 6.47. The Labute approximate surface area is 128 Å². The highest BCUT2D eigenvalue weighted by atomic mass is 16.5. The van der Waals surface area contributed by atoms with Crippen molar-refractivity contribution in [3.63, 3.8) is 0 Å². The summed E-state index contributed by atoms with van der Waals surface area (Å²) in [5.41, 5.74) is 1.60. The van der Waals surface area contributed by atoms with Crippen molar-refractivity contribution in [3.8, 4) is 0 Å². The third-order valence-corrected chi connectivity index (χ3v) is 4.63. The van der Waals surface area contributed by atoms with Crippen molar-refractivity contribution < 1.29 is 9.53 Å². The third kappa shape index (κ3) is 3.39. The molecule has 3 heteroatoms. The third-order valence-electron chi connectivity index (χ3n) is 4.63. The summed E-state index contributed by atoms with van der Waals surface area (Å²) in [5, 5.41) is 3.53. The van der Waals surface area contributed by atoms with E-state index in [-0.39, 0.29) is 11.9 Å². The summed E-state index contributed by atoms with van der Waals surface area (Å²) in [6.07, 6.45) is 3.07. The number of ether oxygens (including phenoxy) is 1. The number of benzene rings is 1. The molecule has 0 bridgehead atoms. The fourth-order valence-corrected chi connectivity index (χ4v) is 3.38. The maximum absolute atomic E-state index is 12.7. The number of carbonyl (C=O) groups is 1. The minimum Gasteiger partial charge on any atom is -0.464 e. The lowest BCUT2D eigenvalue weighted by molar-refractivity contribution is -0.152. The first-order valence-electron chi connectivity index (χ1n) is 8.00. The summed E-state index contributed by atoms with van der Waals surface area (Å²) in [5.74, 6) is 0.696. The van der Waals surface area contributed by atoms with Gasteiger partial charge in [-0.05, 0) is 56.2 Å². The van der Waals surface area contributed by atoms with Gasteiger partial charge >= 0.3 is 5.97 Å². The number of carbonyl (C=O) groups excluding carboxylic acids is 1.